The van der Waals surface area contributed by atoms with Crippen LogP contribution in [0.1, 0.15) is 41.4 Å². The van der Waals surface area contributed by atoms with Crippen molar-refractivity contribution in [1.29, 1.82) is 0 Å². The lowest BCUT2D eigenvalue weighted by atomic mass is 9.95. The van der Waals surface area contributed by atoms with Crippen LogP contribution in [0.4, 0.5) is 0 Å². The van der Waals surface area contributed by atoms with Gasteiger partial charge in [-0.25, -0.2) is 0 Å². The summed E-state index contributed by atoms with van der Waals surface area (Å²) in [5.74, 6) is 1.24. The molecule has 0 aliphatic carbocycles. The van der Waals surface area contributed by atoms with Crippen LogP contribution in [-0.2, 0) is 0 Å². The van der Waals surface area contributed by atoms with Gasteiger partial charge in [0, 0.05) is 5.56 Å². The molecule has 0 aliphatic heterocycles. The Morgan fingerprint density at radius 3 is 2.45 bits per heavy atom. The van der Waals surface area contributed by atoms with E-state index >= 15 is 0 Å². The molecule has 0 bridgehead atoms. The molecule has 0 saturated carbocycles. The van der Waals surface area contributed by atoms with E-state index in [2.05, 4.69) is 30.1 Å². The van der Waals surface area contributed by atoms with Crippen LogP contribution in [0.2, 0.25) is 0 Å². The van der Waals surface area contributed by atoms with Crippen molar-refractivity contribution in [3.8, 4) is 17.0 Å². The van der Waals surface area contributed by atoms with E-state index in [9.17, 15) is 4.79 Å². The van der Waals surface area contributed by atoms with Crippen molar-refractivity contribution in [2.75, 3.05) is 7.11 Å². The molecular formula is C16H18N2O2. The molecule has 2 rings (SSSR count). The van der Waals surface area contributed by atoms with E-state index in [1.165, 1.54) is 0 Å². The maximum Gasteiger partial charge on any atom is 0.170 e. The lowest BCUT2D eigenvalue weighted by Gasteiger charge is -2.15. The number of nitrogens with zero attached hydrogens (tertiary/aromatic N) is 2. The van der Waals surface area contributed by atoms with Crippen molar-refractivity contribution in [3.05, 3.63) is 41.1 Å². The summed E-state index contributed by atoms with van der Waals surface area (Å²) in [6.45, 7) is 6.26. The van der Waals surface area contributed by atoms with Gasteiger partial charge in [0.25, 0.3) is 0 Å². The summed E-state index contributed by atoms with van der Waals surface area (Å²) in [6, 6.07) is 7.59. The smallest absolute Gasteiger partial charge is 0.170 e. The van der Waals surface area contributed by atoms with E-state index < -0.39 is 0 Å². The average molecular weight is 270 g/mol. The summed E-state index contributed by atoms with van der Waals surface area (Å²) in [6.07, 6.45) is 0.692. The number of methoxy groups -OCH3 is 1. The van der Waals surface area contributed by atoms with Crippen LogP contribution in [-0.4, -0.2) is 23.6 Å². The summed E-state index contributed by atoms with van der Waals surface area (Å²) in [5.41, 5.74) is 4.31. The second-order valence-electron chi connectivity index (χ2n) is 5.03. The second kappa shape index (κ2) is 5.82. The SMILES string of the molecule is COc1cc(C)c(-c2ccc(C=O)nn2)cc1C(C)C. The molecule has 0 spiro atoms. The van der Waals surface area contributed by atoms with E-state index in [1.807, 2.05) is 19.1 Å². The first-order valence-corrected chi connectivity index (χ1v) is 6.54. The number of hydrogen-bond donors (Lipinski definition) is 0. The number of aromatic nitrogens is 2. The Labute approximate surface area is 118 Å². The van der Waals surface area contributed by atoms with Gasteiger partial charge in [-0.05, 0) is 48.2 Å². The number of ether oxygens (including phenoxy) is 1. The Hall–Kier alpha value is -2.23. The van der Waals surface area contributed by atoms with Crippen molar-refractivity contribution in [2.45, 2.75) is 26.7 Å². The minimum Gasteiger partial charge on any atom is -0.496 e. The molecule has 0 radical (unpaired) electrons. The third-order valence-electron chi connectivity index (χ3n) is 3.28. The summed E-state index contributed by atoms with van der Waals surface area (Å²) in [5, 5.41) is 8.00. The zero-order valence-electron chi connectivity index (χ0n) is 12.2. The monoisotopic (exact) mass is 270 g/mol. The maximum atomic E-state index is 10.6. The molecule has 0 fully saturated rings. The van der Waals surface area contributed by atoms with E-state index in [4.69, 9.17) is 4.74 Å². The van der Waals surface area contributed by atoms with Gasteiger partial charge in [0.1, 0.15) is 11.4 Å². The molecule has 1 aromatic carbocycles. The van der Waals surface area contributed by atoms with Crippen molar-refractivity contribution in [1.82, 2.24) is 10.2 Å². The predicted molar refractivity (Wildman–Crippen MR) is 78.2 cm³/mol. The Bertz CT molecular complexity index is 619. The van der Waals surface area contributed by atoms with Crippen LogP contribution in [0, 0.1) is 6.92 Å². The summed E-state index contributed by atoms with van der Waals surface area (Å²) >= 11 is 0. The standard InChI is InChI=1S/C16H18N2O2/c1-10(2)13-8-14(11(3)7-16(13)20-4)15-6-5-12(9-19)17-18-15/h5-10H,1-4H3. The number of hydrogen-bond acceptors (Lipinski definition) is 4. The quantitative estimate of drug-likeness (QED) is 0.799. The van der Waals surface area contributed by atoms with Crippen LogP contribution in [0.5, 0.6) is 5.75 Å². The van der Waals surface area contributed by atoms with Crippen molar-refractivity contribution >= 4 is 6.29 Å². The Balaban J connectivity index is 2.55. The fourth-order valence-corrected chi connectivity index (χ4v) is 2.15. The number of carbonyl (C=O) groups is 1. The predicted octanol–water partition coefficient (Wildman–Crippen LogP) is 3.40. The van der Waals surface area contributed by atoms with Gasteiger partial charge < -0.3 is 4.74 Å². The molecule has 4 nitrogen and oxygen atoms in total. The van der Waals surface area contributed by atoms with E-state index in [-0.39, 0.29) is 0 Å². The van der Waals surface area contributed by atoms with Crippen LogP contribution in [0.3, 0.4) is 0 Å². The van der Waals surface area contributed by atoms with Gasteiger partial charge in [-0.1, -0.05) is 13.8 Å². The topological polar surface area (TPSA) is 52.1 Å². The largest absolute Gasteiger partial charge is 0.496 e. The van der Waals surface area contributed by atoms with Crippen LogP contribution < -0.4 is 4.74 Å². The molecule has 1 aromatic heterocycles. The average Bonchev–Trinajstić information content (AvgIpc) is 2.46. The van der Waals surface area contributed by atoms with Crippen LogP contribution in [0.25, 0.3) is 11.3 Å². The van der Waals surface area contributed by atoms with Gasteiger partial charge in [-0.15, -0.1) is 10.2 Å². The molecule has 4 heteroatoms. The number of aryl methyl sites for hydroxylation is 1. The Morgan fingerprint density at radius 1 is 1.20 bits per heavy atom. The highest BCUT2D eigenvalue weighted by Crippen LogP contribution is 2.33. The lowest BCUT2D eigenvalue weighted by Crippen LogP contribution is -1.99. The van der Waals surface area contributed by atoms with Crippen LogP contribution >= 0.6 is 0 Å². The molecule has 104 valence electrons. The molecule has 20 heavy (non-hydrogen) atoms. The van der Waals surface area contributed by atoms with Gasteiger partial charge in [0.2, 0.25) is 0 Å². The fraction of sp³-hybridized carbons (Fsp3) is 0.312. The number of carbonyl (C=O) groups excluding carboxylic acids is 1. The van der Waals surface area contributed by atoms with Crippen molar-refractivity contribution in [2.24, 2.45) is 0 Å². The number of benzene rings is 1. The Morgan fingerprint density at radius 2 is 1.95 bits per heavy atom. The lowest BCUT2D eigenvalue weighted by molar-refractivity contribution is 0.111. The molecule has 1 heterocycles. The summed E-state index contributed by atoms with van der Waals surface area (Å²) in [4.78, 5) is 10.6. The fourth-order valence-electron chi connectivity index (χ4n) is 2.15. The third kappa shape index (κ3) is 2.69. The molecule has 0 N–H and O–H groups in total. The van der Waals surface area contributed by atoms with E-state index in [1.54, 1.807) is 13.2 Å². The molecule has 0 aliphatic rings. The molecule has 2 aromatic rings. The van der Waals surface area contributed by atoms with Gasteiger partial charge in [-0.2, -0.15) is 0 Å². The molecule has 0 saturated heterocycles. The second-order valence-corrected chi connectivity index (χ2v) is 5.03. The van der Waals surface area contributed by atoms with E-state index in [0.29, 0.717) is 17.9 Å². The summed E-state index contributed by atoms with van der Waals surface area (Å²) in [7, 11) is 1.68. The Kier molecular flexibility index (Phi) is 4.13. The van der Waals surface area contributed by atoms with E-state index in [0.717, 1.165) is 28.1 Å². The van der Waals surface area contributed by atoms with Crippen LogP contribution in [0.15, 0.2) is 24.3 Å². The third-order valence-corrected chi connectivity index (χ3v) is 3.28. The first kappa shape index (κ1) is 14.2. The van der Waals surface area contributed by atoms with Crippen molar-refractivity contribution < 1.29 is 9.53 Å². The van der Waals surface area contributed by atoms with Gasteiger partial charge in [-0.3, -0.25) is 4.79 Å². The molecule has 0 unspecified atom stereocenters. The maximum absolute atomic E-state index is 10.6. The molecule has 0 amide bonds. The number of rotatable bonds is 4. The zero-order valence-corrected chi connectivity index (χ0v) is 12.2. The minimum atomic E-state index is 0.337. The number of aldehydes is 1. The normalized spacial score (nSPS) is 10.7. The highest BCUT2D eigenvalue weighted by atomic mass is 16.5. The summed E-state index contributed by atoms with van der Waals surface area (Å²) < 4.78 is 5.43. The van der Waals surface area contributed by atoms with Gasteiger partial charge in [0.15, 0.2) is 6.29 Å². The minimum absolute atomic E-state index is 0.337. The van der Waals surface area contributed by atoms with Gasteiger partial charge in [0.05, 0.1) is 12.8 Å². The molecule has 0 atom stereocenters. The van der Waals surface area contributed by atoms with Gasteiger partial charge >= 0.3 is 0 Å². The highest BCUT2D eigenvalue weighted by molar-refractivity contribution is 5.73. The van der Waals surface area contributed by atoms with Crippen molar-refractivity contribution in [3.63, 3.8) is 0 Å². The first-order valence-electron chi connectivity index (χ1n) is 6.54. The highest BCUT2D eigenvalue weighted by Gasteiger charge is 2.13. The first-order chi connectivity index (χ1) is 9.56. The zero-order chi connectivity index (χ0) is 14.7. The molecular weight excluding hydrogens is 252 g/mol.